The van der Waals surface area contributed by atoms with Crippen LogP contribution in [0, 0.1) is 6.92 Å². The molecule has 0 amide bonds. The Morgan fingerprint density at radius 2 is 2.35 bits per heavy atom. The van der Waals surface area contributed by atoms with Gasteiger partial charge in [-0.1, -0.05) is 6.92 Å². The van der Waals surface area contributed by atoms with E-state index in [1.807, 2.05) is 13.0 Å². The number of ether oxygens (including phenoxy) is 1. The highest BCUT2D eigenvalue weighted by atomic mass is 16.5. The van der Waals surface area contributed by atoms with Crippen LogP contribution >= 0.6 is 0 Å². The number of hydrogen-bond donors (Lipinski definition) is 2. The largest absolute Gasteiger partial charge is 0.386 e. The fraction of sp³-hybridized carbons (Fsp3) is 0.667. The Bertz CT molecular complexity index is 389. The average Bonchev–Trinajstić information content (AvgIpc) is 2.73. The smallest absolute Gasteiger partial charge is 0.130 e. The molecule has 0 bridgehead atoms. The highest BCUT2D eigenvalue weighted by Crippen LogP contribution is 2.19. The van der Waals surface area contributed by atoms with Gasteiger partial charge in [0.25, 0.3) is 0 Å². The van der Waals surface area contributed by atoms with Gasteiger partial charge in [-0.3, -0.25) is 0 Å². The lowest BCUT2D eigenvalue weighted by molar-refractivity contribution is 0.0381. The van der Waals surface area contributed by atoms with Crippen LogP contribution in [0.2, 0.25) is 0 Å². The lowest BCUT2D eigenvalue weighted by atomic mass is 10.0. The zero-order valence-electron chi connectivity index (χ0n) is 10.4. The Morgan fingerprint density at radius 3 is 3.00 bits per heavy atom. The van der Waals surface area contributed by atoms with Gasteiger partial charge in [0.05, 0.1) is 6.61 Å². The molecule has 0 saturated carbocycles. The second kappa shape index (κ2) is 4.98. The van der Waals surface area contributed by atoms with Gasteiger partial charge in [0.2, 0.25) is 0 Å². The Balaban J connectivity index is 2.00. The molecule has 1 fully saturated rings. The quantitative estimate of drug-likeness (QED) is 0.814. The van der Waals surface area contributed by atoms with Crippen LogP contribution in [0.15, 0.2) is 6.07 Å². The molecule has 2 rings (SSSR count). The highest BCUT2D eigenvalue weighted by molar-refractivity contribution is 5.36. The van der Waals surface area contributed by atoms with E-state index >= 15 is 0 Å². The van der Waals surface area contributed by atoms with E-state index in [2.05, 4.69) is 22.2 Å². The molecular weight excluding hydrogens is 218 g/mol. The van der Waals surface area contributed by atoms with Gasteiger partial charge in [-0.05, 0) is 13.3 Å². The molecule has 2 heterocycles. The first kappa shape index (κ1) is 12.3. The third kappa shape index (κ3) is 3.14. The number of aliphatic hydroxyl groups is 1. The normalized spacial score (nSPS) is 23.9. The van der Waals surface area contributed by atoms with Gasteiger partial charge in [0.1, 0.15) is 17.2 Å². The Kier molecular flexibility index (Phi) is 3.59. The van der Waals surface area contributed by atoms with Crippen LogP contribution in [0.25, 0.3) is 0 Å². The predicted molar refractivity (Wildman–Crippen MR) is 65.0 cm³/mol. The maximum atomic E-state index is 10.1. The van der Waals surface area contributed by atoms with Crippen molar-refractivity contribution in [2.75, 3.05) is 25.1 Å². The molecule has 1 aliphatic heterocycles. The lowest BCUT2D eigenvalue weighted by Crippen LogP contribution is -2.37. The Labute approximate surface area is 101 Å². The summed E-state index contributed by atoms with van der Waals surface area (Å²) in [5, 5.41) is 13.3. The van der Waals surface area contributed by atoms with Crippen LogP contribution in [0.3, 0.4) is 0 Å². The van der Waals surface area contributed by atoms with E-state index in [0.29, 0.717) is 26.2 Å². The fourth-order valence-electron chi connectivity index (χ4n) is 1.89. The van der Waals surface area contributed by atoms with E-state index in [1.165, 1.54) is 0 Å². The van der Waals surface area contributed by atoms with E-state index in [4.69, 9.17) is 4.74 Å². The van der Waals surface area contributed by atoms with Crippen molar-refractivity contribution < 1.29 is 9.84 Å². The topological polar surface area (TPSA) is 67.3 Å². The number of nitrogens with one attached hydrogen (secondary N) is 1. The molecule has 1 aromatic rings. The fourth-order valence-corrected chi connectivity index (χ4v) is 1.89. The van der Waals surface area contributed by atoms with E-state index in [0.717, 1.165) is 23.8 Å². The summed E-state index contributed by atoms with van der Waals surface area (Å²) in [4.78, 5) is 8.61. The first-order valence-corrected chi connectivity index (χ1v) is 6.00. The van der Waals surface area contributed by atoms with E-state index in [-0.39, 0.29) is 0 Å². The molecule has 5 nitrogen and oxygen atoms in total. The van der Waals surface area contributed by atoms with E-state index < -0.39 is 5.60 Å². The van der Waals surface area contributed by atoms with Gasteiger partial charge in [-0.25, -0.2) is 9.97 Å². The van der Waals surface area contributed by atoms with Crippen molar-refractivity contribution in [1.29, 1.82) is 0 Å². The number of aromatic nitrogens is 2. The van der Waals surface area contributed by atoms with Crippen molar-refractivity contribution in [2.24, 2.45) is 0 Å². The van der Waals surface area contributed by atoms with E-state index in [9.17, 15) is 5.11 Å². The predicted octanol–water partition coefficient (Wildman–Crippen LogP) is 0.911. The van der Waals surface area contributed by atoms with Crippen LogP contribution in [0.1, 0.15) is 24.9 Å². The molecule has 1 aromatic heterocycles. The minimum Gasteiger partial charge on any atom is -0.386 e. The highest BCUT2D eigenvalue weighted by Gasteiger charge is 2.31. The van der Waals surface area contributed by atoms with Crippen molar-refractivity contribution in [3.8, 4) is 0 Å². The van der Waals surface area contributed by atoms with Gasteiger partial charge < -0.3 is 15.2 Å². The summed E-state index contributed by atoms with van der Waals surface area (Å²) in [6.45, 7) is 5.42. The van der Waals surface area contributed by atoms with Crippen LogP contribution in [0.5, 0.6) is 0 Å². The molecule has 0 aromatic carbocycles. The van der Waals surface area contributed by atoms with Crippen molar-refractivity contribution in [3.63, 3.8) is 0 Å². The van der Waals surface area contributed by atoms with Gasteiger partial charge in [-0.2, -0.15) is 0 Å². The molecule has 1 atom stereocenters. The van der Waals surface area contributed by atoms with Crippen LogP contribution in [0.4, 0.5) is 5.82 Å². The molecule has 2 N–H and O–H groups in total. The minimum absolute atomic E-state index is 0.394. The number of hydrogen-bond acceptors (Lipinski definition) is 5. The second-order valence-corrected chi connectivity index (χ2v) is 4.53. The van der Waals surface area contributed by atoms with E-state index in [1.54, 1.807) is 0 Å². The minimum atomic E-state index is -0.759. The van der Waals surface area contributed by atoms with Gasteiger partial charge in [-0.15, -0.1) is 0 Å². The molecular formula is C12H19N3O2. The van der Waals surface area contributed by atoms with Crippen molar-refractivity contribution in [3.05, 3.63) is 17.6 Å². The van der Waals surface area contributed by atoms with Crippen LogP contribution in [-0.2, 0) is 11.2 Å². The van der Waals surface area contributed by atoms with Crippen molar-refractivity contribution >= 4 is 5.82 Å². The lowest BCUT2D eigenvalue weighted by Gasteiger charge is -2.21. The Hall–Kier alpha value is -1.20. The molecule has 0 radical (unpaired) electrons. The van der Waals surface area contributed by atoms with Crippen molar-refractivity contribution in [1.82, 2.24) is 9.97 Å². The molecule has 1 unspecified atom stereocenters. The molecule has 1 aliphatic rings. The molecule has 17 heavy (non-hydrogen) atoms. The number of nitrogens with zero attached hydrogens (tertiary/aromatic N) is 2. The average molecular weight is 237 g/mol. The summed E-state index contributed by atoms with van der Waals surface area (Å²) in [7, 11) is 0. The molecule has 94 valence electrons. The number of rotatable bonds is 4. The molecule has 0 aliphatic carbocycles. The third-order valence-electron chi connectivity index (χ3n) is 2.93. The van der Waals surface area contributed by atoms with Gasteiger partial charge in [0, 0.05) is 31.3 Å². The van der Waals surface area contributed by atoms with Gasteiger partial charge >= 0.3 is 0 Å². The van der Waals surface area contributed by atoms with Crippen LogP contribution in [-0.4, -0.2) is 40.4 Å². The third-order valence-corrected chi connectivity index (χ3v) is 2.93. The number of aryl methyl sites for hydroxylation is 2. The molecule has 5 heteroatoms. The Morgan fingerprint density at radius 1 is 1.53 bits per heavy atom. The van der Waals surface area contributed by atoms with Crippen LogP contribution < -0.4 is 5.32 Å². The summed E-state index contributed by atoms with van der Waals surface area (Å²) in [5.74, 6) is 1.52. The maximum absolute atomic E-state index is 10.1. The summed E-state index contributed by atoms with van der Waals surface area (Å²) >= 11 is 0. The molecule has 0 spiro atoms. The summed E-state index contributed by atoms with van der Waals surface area (Å²) in [6.07, 6.45) is 1.55. The zero-order chi connectivity index (χ0) is 12.3. The van der Waals surface area contributed by atoms with Crippen molar-refractivity contribution in [2.45, 2.75) is 32.3 Å². The maximum Gasteiger partial charge on any atom is 0.130 e. The first-order valence-electron chi connectivity index (χ1n) is 6.00. The SMILES string of the molecule is CCc1cc(NCC2(O)CCOC2)nc(C)n1. The monoisotopic (exact) mass is 237 g/mol. The zero-order valence-corrected chi connectivity index (χ0v) is 10.4. The summed E-state index contributed by atoms with van der Waals surface area (Å²) in [6, 6.07) is 1.92. The van der Waals surface area contributed by atoms with Gasteiger partial charge in [0.15, 0.2) is 0 Å². The standard InChI is InChI=1S/C12H19N3O2/c1-3-10-6-11(15-9(2)14-10)13-7-12(16)4-5-17-8-12/h6,16H,3-5,7-8H2,1-2H3,(H,13,14,15). The second-order valence-electron chi connectivity index (χ2n) is 4.53. The summed E-state index contributed by atoms with van der Waals surface area (Å²) < 4.78 is 5.19. The summed E-state index contributed by atoms with van der Waals surface area (Å²) in [5.41, 5.74) is 0.250. The first-order chi connectivity index (χ1) is 8.11. The number of anilines is 1. The molecule has 1 saturated heterocycles.